The van der Waals surface area contributed by atoms with Gasteiger partial charge in [0, 0.05) is 0 Å². The maximum absolute atomic E-state index is 5.64. The first kappa shape index (κ1) is 8.35. The summed E-state index contributed by atoms with van der Waals surface area (Å²) in [5.41, 5.74) is 6.15. The molecule has 1 unspecified atom stereocenters. The third-order valence-electron chi connectivity index (χ3n) is 2.10. The van der Waals surface area contributed by atoms with Gasteiger partial charge >= 0.3 is 0 Å². The minimum absolute atomic E-state index is 0.247. The van der Waals surface area contributed by atoms with Crippen LogP contribution in [0.5, 0.6) is 5.88 Å². The SMILES string of the molecule is Nc1cncnc1OC1C[B]CC1. The van der Waals surface area contributed by atoms with Crippen molar-refractivity contribution < 1.29 is 4.74 Å². The molecule has 1 fully saturated rings. The van der Waals surface area contributed by atoms with Crippen molar-refractivity contribution in [3.63, 3.8) is 0 Å². The second-order valence-electron chi connectivity index (χ2n) is 3.12. The second-order valence-corrected chi connectivity index (χ2v) is 3.12. The van der Waals surface area contributed by atoms with Crippen LogP contribution in [0.1, 0.15) is 6.42 Å². The molecule has 1 radical (unpaired) electrons. The lowest BCUT2D eigenvalue weighted by Crippen LogP contribution is -2.13. The van der Waals surface area contributed by atoms with Crippen LogP contribution in [-0.4, -0.2) is 23.4 Å². The Morgan fingerprint density at radius 1 is 1.62 bits per heavy atom. The average Bonchev–Trinajstić information content (AvgIpc) is 2.61. The van der Waals surface area contributed by atoms with Gasteiger partial charge in [-0.2, -0.15) is 4.98 Å². The van der Waals surface area contributed by atoms with Crippen LogP contribution in [0.4, 0.5) is 5.69 Å². The van der Waals surface area contributed by atoms with Crippen molar-refractivity contribution in [2.75, 3.05) is 5.73 Å². The van der Waals surface area contributed by atoms with Crippen LogP contribution in [0.25, 0.3) is 0 Å². The number of aromatic nitrogens is 2. The highest BCUT2D eigenvalue weighted by Crippen LogP contribution is 2.22. The van der Waals surface area contributed by atoms with Crippen molar-refractivity contribution >= 4 is 13.0 Å². The van der Waals surface area contributed by atoms with Gasteiger partial charge in [0.2, 0.25) is 5.88 Å². The van der Waals surface area contributed by atoms with E-state index < -0.39 is 0 Å². The Labute approximate surface area is 77.8 Å². The zero-order chi connectivity index (χ0) is 9.10. The van der Waals surface area contributed by atoms with Crippen LogP contribution in [0, 0.1) is 0 Å². The first-order valence-electron chi connectivity index (χ1n) is 4.40. The summed E-state index contributed by atoms with van der Waals surface area (Å²) in [4.78, 5) is 7.77. The van der Waals surface area contributed by atoms with Gasteiger partial charge < -0.3 is 10.5 Å². The fourth-order valence-electron chi connectivity index (χ4n) is 1.42. The smallest absolute Gasteiger partial charge is 0.240 e. The number of anilines is 1. The molecule has 0 bridgehead atoms. The van der Waals surface area contributed by atoms with Crippen molar-refractivity contribution in [2.45, 2.75) is 25.2 Å². The minimum Gasteiger partial charge on any atom is -0.474 e. The van der Waals surface area contributed by atoms with Crippen LogP contribution >= 0.6 is 0 Å². The van der Waals surface area contributed by atoms with Gasteiger partial charge in [-0.15, -0.1) is 0 Å². The second kappa shape index (κ2) is 3.64. The van der Waals surface area contributed by atoms with E-state index in [1.807, 2.05) is 0 Å². The first-order valence-corrected chi connectivity index (χ1v) is 4.40. The predicted molar refractivity (Wildman–Crippen MR) is 50.8 cm³/mol. The van der Waals surface area contributed by atoms with E-state index in [1.54, 1.807) is 6.20 Å². The maximum Gasteiger partial charge on any atom is 0.240 e. The van der Waals surface area contributed by atoms with E-state index in [0.29, 0.717) is 11.6 Å². The summed E-state index contributed by atoms with van der Waals surface area (Å²) >= 11 is 0. The number of hydrogen-bond acceptors (Lipinski definition) is 4. The number of nitrogen functional groups attached to an aromatic ring is 1. The predicted octanol–water partition coefficient (Wildman–Crippen LogP) is 0.751. The van der Waals surface area contributed by atoms with Crippen molar-refractivity contribution in [3.8, 4) is 5.88 Å². The van der Waals surface area contributed by atoms with Gasteiger partial charge in [-0.25, -0.2) is 4.98 Å². The zero-order valence-corrected chi connectivity index (χ0v) is 7.31. The minimum atomic E-state index is 0.247. The molecule has 1 saturated heterocycles. The molecular weight excluding hydrogens is 165 g/mol. The molecule has 4 nitrogen and oxygen atoms in total. The molecule has 5 heteroatoms. The van der Waals surface area contributed by atoms with E-state index in [9.17, 15) is 0 Å². The molecule has 2 N–H and O–H groups in total. The molecule has 2 heterocycles. The van der Waals surface area contributed by atoms with Crippen LogP contribution < -0.4 is 10.5 Å². The van der Waals surface area contributed by atoms with Crippen molar-refractivity contribution in [3.05, 3.63) is 12.5 Å². The van der Waals surface area contributed by atoms with Crippen LogP contribution in [0.2, 0.25) is 12.6 Å². The van der Waals surface area contributed by atoms with Gasteiger partial charge in [0.25, 0.3) is 0 Å². The molecule has 1 aliphatic heterocycles. The molecule has 1 aromatic heterocycles. The quantitative estimate of drug-likeness (QED) is 0.675. The van der Waals surface area contributed by atoms with E-state index in [4.69, 9.17) is 10.5 Å². The van der Waals surface area contributed by atoms with Gasteiger partial charge in [0.1, 0.15) is 19.3 Å². The normalized spacial score (nSPS) is 21.1. The fraction of sp³-hybridized carbons (Fsp3) is 0.500. The Morgan fingerprint density at radius 2 is 2.54 bits per heavy atom. The number of nitrogens with zero attached hydrogens (tertiary/aromatic N) is 2. The highest BCUT2D eigenvalue weighted by atomic mass is 16.5. The average molecular weight is 176 g/mol. The molecule has 1 aliphatic rings. The Morgan fingerprint density at radius 3 is 3.23 bits per heavy atom. The summed E-state index contributed by atoms with van der Waals surface area (Å²) in [5, 5.41) is 0. The molecule has 1 atom stereocenters. The van der Waals surface area contributed by atoms with Crippen molar-refractivity contribution in [2.24, 2.45) is 0 Å². The molecule has 2 rings (SSSR count). The summed E-state index contributed by atoms with van der Waals surface area (Å²) in [6.07, 6.45) is 6.42. The molecule has 0 aliphatic carbocycles. The number of rotatable bonds is 2. The highest BCUT2D eigenvalue weighted by molar-refractivity contribution is 6.36. The van der Waals surface area contributed by atoms with Crippen molar-refractivity contribution in [1.29, 1.82) is 0 Å². The summed E-state index contributed by atoms with van der Waals surface area (Å²) in [5.74, 6) is 0.510. The topological polar surface area (TPSA) is 61.0 Å². The van der Waals surface area contributed by atoms with E-state index in [0.717, 1.165) is 19.1 Å². The molecule has 0 spiro atoms. The van der Waals surface area contributed by atoms with Gasteiger partial charge in [-0.05, 0) is 12.7 Å². The van der Waals surface area contributed by atoms with E-state index in [-0.39, 0.29) is 6.10 Å². The Bertz CT molecular complexity index is 288. The highest BCUT2D eigenvalue weighted by Gasteiger charge is 2.18. The lowest BCUT2D eigenvalue weighted by atomic mass is 9.77. The summed E-state index contributed by atoms with van der Waals surface area (Å²) in [6.45, 7) is 0. The Balaban J connectivity index is 2.04. The number of hydrogen-bond donors (Lipinski definition) is 1. The van der Waals surface area contributed by atoms with Crippen molar-refractivity contribution in [1.82, 2.24) is 9.97 Å². The molecule has 0 aromatic carbocycles. The molecule has 0 amide bonds. The molecule has 13 heavy (non-hydrogen) atoms. The van der Waals surface area contributed by atoms with Crippen LogP contribution in [-0.2, 0) is 0 Å². The zero-order valence-electron chi connectivity index (χ0n) is 7.31. The van der Waals surface area contributed by atoms with Gasteiger partial charge in [-0.1, -0.05) is 6.32 Å². The van der Waals surface area contributed by atoms with Crippen LogP contribution in [0.3, 0.4) is 0 Å². The molecule has 67 valence electrons. The summed E-state index contributed by atoms with van der Waals surface area (Å²) < 4.78 is 5.60. The van der Waals surface area contributed by atoms with Crippen LogP contribution in [0.15, 0.2) is 12.5 Å². The Hall–Kier alpha value is -1.26. The Kier molecular flexibility index (Phi) is 2.34. The first-order chi connectivity index (χ1) is 6.36. The summed E-state index contributed by atoms with van der Waals surface area (Å²) in [7, 11) is 2.22. The number of nitrogens with two attached hydrogens (primary N) is 1. The van der Waals surface area contributed by atoms with E-state index >= 15 is 0 Å². The molecule has 0 saturated carbocycles. The van der Waals surface area contributed by atoms with Gasteiger partial charge in [-0.3, -0.25) is 0 Å². The maximum atomic E-state index is 5.64. The third-order valence-corrected chi connectivity index (χ3v) is 2.10. The largest absolute Gasteiger partial charge is 0.474 e. The standard InChI is InChI=1S/C8H11BN3O/c10-7-4-11-5-12-8(7)13-6-1-2-9-3-6/h4-6H,1-3,10H2. The molecular formula is C8H11BN3O. The van der Waals surface area contributed by atoms with E-state index in [1.165, 1.54) is 6.33 Å². The fourth-order valence-corrected chi connectivity index (χ4v) is 1.42. The third kappa shape index (κ3) is 1.91. The lowest BCUT2D eigenvalue weighted by Gasteiger charge is -2.12. The molecule has 1 aromatic rings. The number of ether oxygens (including phenoxy) is 1. The lowest BCUT2D eigenvalue weighted by molar-refractivity contribution is 0.218. The summed E-state index contributed by atoms with van der Waals surface area (Å²) in [6, 6.07) is 0. The van der Waals surface area contributed by atoms with E-state index in [2.05, 4.69) is 17.2 Å². The van der Waals surface area contributed by atoms with Gasteiger partial charge in [0.15, 0.2) is 0 Å². The van der Waals surface area contributed by atoms with Gasteiger partial charge in [0.05, 0.1) is 12.3 Å². The monoisotopic (exact) mass is 176 g/mol.